The minimum absolute atomic E-state index is 0.179. The predicted molar refractivity (Wildman–Crippen MR) is 106 cm³/mol. The Labute approximate surface area is 154 Å². The first kappa shape index (κ1) is 17.3. The molecule has 126 valence electrons. The van der Waals surface area contributed by atoms with Gasteiger partial charge >= 0.3 is 0 Å². The van der Waals surface area contributed by atoms with Crippen molar-refractivity contribution >= 4 is 40.8 Å². The van der Waals surface area contributed by atoms with Crippen molar-refractivity contribution in [2.75, 3.05) is 11.9 Å². The third kappa shape index (κ3) is 3.31. The number of hydrogen-bond donors (Lipinski definition) is 0. The Bertz CT molecular complexity index is 796. The molecule has 3 rings (SSSR count). The van der Waals surface area contributed by atoms with Gasteiger partial charge in [0.25, 0.3) is 0 Å². The van der Waals surface area contributed by atoms with Crippen molar-refractivity contribution in [1.29, 1.82) is 0 Å². The standard InChI is InChI=1S/C20H22Cl2N2/c1-13-11-20(2,3)24(4)19-8-5-14(9-16(13)19)12-23-18-7-6-15(21)10-17(18)22/h5-10,12-13H,11H2,1-4H3. The number of rotatable bonds is 2. The number of nitrogens with zero attached hydrogens (tertiary/aromatic N) is 2. The van der Waals surface area contributed by atoms with E-state index in [1.807, 2.05) is 12.3 Å². The van der Waals surface area contributed by atoms with Crippen molar-refractivity contribution in [3.63, 3.8) is 0 Å². The summed E-state index contributed by atoms with van der Waals surface area (Å²) in [5, 5.41) is 1.18. The maximum absolute atomic E-state index is 6.18. The van der Waals surface area contributed by atoms with Crippen molar-refractivity contribution in [1.82, 2.24) is 0 Å². The van der Waals surface area contributed by atoms with Crippen molar-refractivity contribution in [2.45, 2.75) is 38.6 Å². The molecule has 1 aliphatic heterocycles. The molecule has 1 heterocycles. The molecule has 0 N–H and O–H groups in total. The molecule has 1 aliphatic rings. The lowest BCUT2D eigenvalue weighted by atomic mass is 9.80. The molecule has 0 spiro atoms. The Morgan fingerprint density at radius 1 is 1.17 bits per heavy atom. The van der Waals surface area contributed by atoms with Gasteiger partial charge in [0.2, 0.25) is 0 Å². The molecule has 0 radical (unpaired) electrons. The lowest BCUT2D eigenvalue weighted by molar-refractivity contribution is 0.395. The lowest BCUT2D eigenvalue weighted by Gasteiger charge is -2.45. The molecular weight excluding hydrogens is 339 g/mol. The van der Waals surface area contributed by atoms with Gasteiger partial charge in [-0.2, -0.15) is 0 Å². The Kier molecular flexibility index (Phi) is 4.63. The van der Waals surface area contributed by atoms with Gasteiger partial charge in [0.15, 0.2) is 0 Å². The Hall–Kier alpha value is -1.51. The third-order valence-electron chi connectivity index (χ3n) is 4.92. The van der Waals surface area contributed by atoms with E-state index in [1.165, 1.54) is 11.3 Å². The molecule has 0 bridgehead atoms. The smallest absolute Gasteiger partial charge is 0.0817 e. The van der Waals surface area contributed by atoms with Crippen molar-refractivity contribution in [3.8, 4) is 0 Å². The van der Waals surface area contributed by atoms with Crippen LogP contribution < -0.4 is 4.90 Å². The van der Waals surface area contributed by atoms with Crippen LogP contribution in [0.4, 0.5) is 11.4 Å². The summed E-state index contributed by atoms with van der Waals surface area (Å²) in [6, 6.07) is 11.9. The second kappa shape index (κ2) is 6.42. The van der Waals surface area contributed by atoms with Gasteiger partial charge in [-0.05, 0) is 67.6 Å². The van der Waals surface area contributed by atoms with Crippen LogP contribution in [0.2, 0.25) is 10.0 Å². The van der Waals surface area contributed by atoms with Gasteiger partial charge < -0.3 is 4.90 Å². The van der Waals surface area contributed by atoms with Crippen molar-refractivity contribution in [2.24, 2.45) is 4.99 Å². The van der Waals surface area contributed by atoms with E-state index in [0.29, 0.717) is 16.0 Å². The third-order valence-corrected chi connectivity index (χ3v) is 5.46. The first-order valence-corrected chi connectivity index (χ1v) is 8.90. The Balaban J connectivity index is 1.92. The fraction of sp³-hybridized carbons (Fsp3) is 0.350. The second-order valence-electron chi connectivity index (χ2n) is 7.15. The minimum Gasteiger partial charge on any atom is -0.369 e. The summed E-state index contributed by atoms with van der Waals surface area (Å²) in [6.07, 6.45) is 3.00. The van der Waals surface area contributed by atoms with E-state index in [0.717, 1.165) is 17.7 Å². The van der Waals surface area contributed by atoms with Gasteiger partial charge in [-0.25, -0.2) is 0 Å². The van der Waals surface area contributed by atoms with Crippen LogP contribution in [-0.4, -0.2) is 18.8 Å². The number of fused-ring (bicyclic) bond motifs is 1. The largest absolute Gasteiger partial charge is 0.369 e. The lowest BCUT2D eigenvalue weighted by Crippen LogP contribution is -2.45. The van der Waals surface area contributed by atoms with Crippen LogP contribution in [0.1, 0.15) is 44.2 Å². The molecule has 4 heteroatoms. The quantitative estimate of drug-likeness (QED) is 0.560. The van der Waals surface area contributed by atoms with Gasteiger partial charge in [-0.3, -0.25) is 4.99 Å². The van der Waals surface area contributed by atoms with Crippen LogP contribution in [0.5, 0.6) is 0 Å². The molecule has 0 saturated carbocycles. The van der Waals surface area contributed by atoms with Crippen molar-refractivity contribution < 1.29 is 0 Å². The van der Waals surface area contributed by atoms with Gasteiger partial charge in [-0.1, -0.05) is 36.2 Å². The molecule has 0 amide bonds. The van der Waals surface area contributed by atoms with Crippen LogP contribution in [0.3, 0.4) is 0 Å². The second-order valence-corrected chi connectivity index (χ2v) is 7.99. The summed E-state index contributed by atoms with van der Waals surface area (Å²) >= 11 is 12.1. The zero-order chi connectivity index (χ0) is 17.5. The molecule has 2 aromatic rings. The van der Waals surface area contributed by atoms with E-state index in [-0.39, 0.29) is 5.54 Å². The monoisotopic (exact) mass is 360 g/mol. The van der Waals surface area contributed by atoms with Gasteiger partial charge in [-0.15, -0.1) is 0 Å². The molecule has 1 atom stereocenters. The summed E-state index contributed by atoms with van der Waals surface area (Å²) in [5.41, 5.74) is 4.67. The Morgan fingerprint density at radius 2 is 1.92 bits per heavy atom. The van der Waals surface area contributed by atoms with Crippen LogP contribution in [0, 0.1) is 0 Å². The maximum Gasteiger partial charge on any atom is 0.0817 e. The van der Waals surface area contributed by atoms with E-state index >= 15 is 0 Å². The van der Waals surface area contributed by atoms with Crippen LogP contribution in [-0.2, 0) is 0 Å². The number of anilines is 1. The number of hydrogen-bond acceptors (Lipinski definition) is 2. The van der Waals surface area contributed by atoms with Gasteiger partial charge in [0.1, 0.15) is 0 Å². The van der Waals surface area contributed by atoms with E-state index in [9.17, 15) is 0 Å². The highest BCUT2D eigenvalue weighted by Gasteiger charge is 2.33. The van der Waals surface area contributed by atoms with E-state index < -0.39 is 0 Å². The van der Waals surface area contributed by atoms with Gasteiger partial charge in [0, 0.05) is 29.5 Å². The number of benzene rings is 2. The molecule has 0 saturated heterocycles. The molecule has 2 nitrogen and oxygen atoms in total. The summed E-state index contributed by atoms with van der Waals surface area (Å²) in [4.78, 5) is 6.88. The molecule has 2 aromatic carbocycles. The van der Waals surface area contributed by atoms with Crippen LogP contribution in [0.25, 0.3) is 0 Å². The normalized spacial score (nSPS) is 19.6. The molecule has 1 unspecified atom stereocenters. The highest BCUT2D eigenvalue weighted by molar-refractivity contribution is 6.36. The first-order chi connectivity index (χ1) is 11.3. The number of halogens is 2. The SMILES string of the molecule is CC1CC(C)(C)N(C)c2ccc(C=Nc3ccc(Cl)cc3Cl)cc21. The zero-order valence-electron chi connectivity index (χ0n) is 14.5. The summed E-state index contributed by atoms with van der Waals surface area (Å²) in [5.74, 6) is 0.527. The molecule has 0 aromatic heterocycles. The maximum atomic E-state index is 6.18. The highest BCUT2D eigenvalue weighted by atomic mass is 35.5. The number of aliphatic imine (C=N–C) groups is 1. The van der Waals surface area contributed by atoms with E-state index in [1.54, 1.807) is 12.1 Å². The fourth-order valence-electron chi connectivity index (χ4n) is 3.41. The average Bonchev–Trinajstić information content (AvgIpc) is 2.51. The molecule has 0 fully saturated rings. The van der Waals surface area contributed by atoms with E-state index in [4.69, 9.17) is 23.2 Å². The fourth-order valence-corrected chi connectivity index (χ4v) is 3.86. The van der Waals surface area contributed by atoms with E-state index in [2.05, 4.69) is 55.9 Å². The summed E-state index contributed by atoms with van der Waals surface area (Å²) in [7, 11) is 2.17. The van der Waals surface area contributed by atoms with Crippen LogP contribution in [0.15, 0.2) is 41.4 Å². The Morgan fingerprint density at radius 3 is 2.62 bits per heavy atom. The highest BCUT2D eigenvalue weighted by Crippen LogP contribution is 2.42. The van der Waals surface area contributed by atoms with Gasteiger partial charge in [0.05, 0.1) is 10.7 Å². The average molecular weight is 361 g/mol. The zero-order valence-corrected chi connectivity index (χ0v) is 16.0. The molecule has 0 aliphatic carbocycles. The summed E-state index contributed by atoms with van der Waals surface area (Å²) in [6.45, 7) is 6.89. The minimum atomic E-state index is 0.179. The van der Waals surface area contributed by atoms with Crippen LogP contribution >= 0.6 is 23.2 Å². The first-order valence-electron chi connectivity index (χ1n) is 8.15. The summed E-state index contributed by atoms with van der Waals surface area (Å²) < 4.78 is 0. The predicted octanol–water partition coefficient (Wildman–Crippen LogP) is 6.47. The van der Waals surface area contributed by atoms with Crippen molar-refractivity contribution in [3.05, 3.63) is 57.6 Å². The topological polar surface area (TPSA) is 15.6 Å². The molecular formula is C20H22Cl2N2. The molecule has 24 heavy (non-hydrogen) atoms.